The van der Waals surface area contributed by atoms with Gasteiger partial charge in [0.2, 0.25) is 0 Å². The molecule has 0 unspecified atom stereocenters. The van der Waals surface area contributed by atoms with Crippen LogP contribution in [0.1, 0.15) is 5.56 Å². The van der Waals surface area contributed by atoms with Crippen LogP contribution in [0, 0.1) is 0 Å². The molecule has 0 aliphatic carbocycles. The maximum atomic E-state index is 12.4. The van der Waals surface area contributed by atoms with Gasteiger partial charge in [0.05, 0.1) is 10.2 Å². The van der Waals surface area contributed by atoms with E-state index >= 15 is 0 Å². The number of rotatable bonds is 7. The first-order chi connectivity index (χ1) is 15.5. The molecular weight excluding hydrogens is 490 g/mol. The third-order valence-corrected chi connectivity index (χ3v) is 6.23. The third-order valence-electron chi connectivity index (χ3n) is 4.37. The number of hydrogen-bond donors (Lipinski definition) is 0. The highest BCUT2D eigenvalue weighted by Crippen LogP contribution is 2.29. The number of nitrogens with zero attached hydrogens (tertiary/aromatic N) is 1. The average molecular weight is 508 g/mol. The summed E-state index contributed by atoms with van der Waals surface area (Å²) in [6.45, 7) is 0. The van der Waals surface area contributed by atoms with Crippen LogP contribution in [-0.4, -0.2) is 14.6 Å². The molecule has 4 aromatic carbocycles. The number of para-hydroxylation sites is 1. The predicted octanol–water partition coefficient (Wildman–Crippen LogP) is 6.76. The van der Waals surface area contributed by atoms with E-state index in [0.29, 0.717) is 4.47 Å². The van der Waals surface area contributed by atoms with E-state index in [0.717, 1.165) is 22.7 Å². The topological polar surface area (TPSA) is 65.0 Å². The first kappa shape index (κ1) is 21.8. The second kappa shape index (κ2) is 9.80. The van der Waals surface area contributed by atoms with E-state index in [-0.39, 0.29) is 10.6 Å². The minimum Gasteiger partial charge on any atom is -0.457 e. The molecule has 0 N–H and O–H groups in total. The van der Waals surface area contributed by atoms with E-state index in [4.69, 9.17) is 8.92 Å². The SMILES string of the molecule is O=S(=O)(Oc1ccc(C=Nc2ccc(Oc3ccccc3)cc2)cc1Br)c1ccccc1. The molecular formula is C25H18BrNO4S. The molecule has 0 spiro atoms. The Bertz CT molecular complexity index is 1320. The molecule has 0 aliphatic rings. The summed E-state index contributed by atoms with van der Waals surface area (Å²) in [6, 6.07) is 30.0. The summed E-state index contributed by atoms with van der Waals surface area (Å²) in [4.78, 5) is 4.55. The van der Waals surface area contributed by atoms with Crippen molar-refractivity contribution in [3.8, 4) is 17.2 Å². The second-order valence-corrected chi connectivity index (χ2v) is 9.11. The molecule has 0 radical (unpaired) electrons. The normalized spacial score (nSPS) is 11.4. The van der Waals surface area contributed by atoms with E-state index in [1.807, 2.05) is 54.6 Å². The summed E-state index contributed by atoms with van der Waals surface area (Å²) >= 11 is 3.37. The molecule has 4 aromatic rings. The summed E-state index contributed by atoms with van der Waals surface area (Å²) in [6.07, 6.45) is 1.69. The minimum atomic E-state index is -3.91. The summed E-state index contributed by atoms with van der Waals surface area (Å²) in [7, 11) is -3.91. The molecule has 0 amide bonds. The molecule has 0 aliphatic heterocycles. The summed E-state index contributed by atoms with van der Waals surface area (Å²) in [5.41, 5.74) is 1.54. The molecule has 4 rings (SSSR count). The number of aliphatic imine (C=N–C) groups is 1. The van der Waals surface area contributed by atoms with Gasteiger partial charge in [0.1, 0.15) is 16.4 Å². The number of benzene rings is 4. The van der Waals surface area contributed by atoms with Crippen molar-refractivity contribution in [3.05, 3.63) is 113 Å². The van der Waals surface area contributed by atoms with Crippen LogP contribution in [0.15, 0.2) is 117 Å². The van der Waals surface area contributed by atoms with Gasteiger partial charge in [-0.15, -0.1) is 0 Å². The van der Waals surface area contributed by atoms with E-state index in [9.17, 15) is 8.42 Å². The molecule has 0 bridgehead atoms. The Kier molecular flexibility index (Phi) is 6.68. The van der Waals surface area contributed by atoms with Crippen molar-refractivity contribution in [1.29, 1.82) is 0 Å². The van der Waals surface area contributed by atoms with Crippen molar-refractivity contribution in [3.63, 3.8) is 0 Å². The summed E-state index contributed by atoms with van der Waals surface area (Å²) in [5.74, 6) is 1.69. The Labute approximate surface area is 195 Å². The molecule has 0 fully saturated rings. The number of halogens is 1. The van der Waals surface area contributed by atoms with Crippen molar-refractivity contribution in [1.82, 2.24) is 0 Å². The molecule has 0 heterocycles. The molecule has 0 saturated carbocycles. The van der Waals surface area contributed by atoms with Crippen LogP contribution in [0.3, 0.4) is 0 Å². The molecule has 0 saturated heterocycles. The van der Waals surface area contributed by atoms with Crippen LogP contribution in [0.25, 0.3) is 0 Å². The Balaban J connectivity index is 1.43. The lowest BCUT2D eigenvalue weighted by Gasteiger charge is -2.09. The van der Waals surface area contributed by atoms with Gasteiger partial charge in [-0.2, -0.15) is 8.42 Å². The molecule has 32 heavy (non-hydrogen) atoms. The van der Waals surface area contributed by atoms with E-state index in [2.05, 4.69) is 20.9 Å². The van der Waals surface area contributed by atoms with Crippen LogP contribution in [0.2, 0.25) is 0 Å². The van der Waals surface area contributed by atoms with Gasteiger partial charge < -0.3 is 8.92 Å². The fourth-order valence-electron chi connectivity index (χ4n) is 2.79. The van der Waals surface area contributed by atoms with Crippen LogP contribution >= 0.6 is 15.9 Å². The lowest BCUT2D eigenvalue weighted by Crippen LogP contribution is -2.09. The monoisotopic (exact) mass is 507 g/mol. The van der Waals surface area contributed by atoms with Gasteiger partial charge in [0, 0.05) is 6.21 Å². The Morgan fingerprint density at radius 3 is 2.03 bits per heavy atom. The van der Waals surface area contributed by atoms with Gasteiger partial charge in [-0.05, 0) is 88.2 Å². The molecule has 0 atom stereocenters. The fraction of sp³-hybridized carbons (Fsp3) is 0. The van der Waals surface area contributed by atoms with Gasteiger partial charge >= 0.3 is 10.1 Å². The molecule has 160 valence electrons. The zero-order chi connectivity index (χ0) is 22.4. The zero-order valence-corrected chi connectivity index (χ0v) is 19.2. The smallest absolute Gasteiger partial charge is 0.339 e. The first-order valence-corrected chi connectivity index (χ1v) is 11.9. The molecule has 0 aromatic heterocycles. The standard InChI is InChI=1S/C25H18BrNO4S/c26-24-17-19(11-16-25(24)31-32(28,29)23-9-5-2-6-10-23)18-27-20-12-14-22(15-13-20)30-21-7-3-1-4-8-21/h1-18H. The van der Waals surface area contributed by atoms with Crippen molar-refractivity contribution in [2.45, 2.75) is 4.90 Å². The average Bonchev–Trinajstić information content (AvgIpc) is 2.81. The first-order valence-electron chi connectivity index (χ1n) is 9.66. The van der Waals surface area contributed by atoms with Crippen LogP contribution in [0.4, 0.5) is 5.69 Å². The van der Waals surface area contributed by atoms with Crippen LogP contribution in [0.5, 0.6) is 17.2 Å². The van der Waals surface area contributed by atoms with E-state index < -0.39 is 10.1 Å². The lowest BCUT2D eigenvalue weighted by molar-refractivity contribution is 0.482. The minimum absolute atomic E-state index is 0.0947. The van der Waals surface area contributed by atoms with Crippen LogP contribution < -0.4 is 8.92 Å². The second-order valence-electron chi connectivity index (χ2n) is 6.71. The van der Waals surface area contributed by atoms with Crippen molar-refractivity contribution < 1.29 is 17.3 Å². The van der Waals surface area contributed by atoms with Gasteiger partial charge in [0.25, 0.3) is 0 Å². The highest BCUT2D eigenvalue weighted by atomic mass is 79.9. The zero-order valence-electron chi connectivity index (χ0n) is 16.8. The van der Waals surface area contributed by atoms with Gasteiger partial charge in [-0.1, -0.05) is 36.4 Å². The maximum Gasteiger partial charge on any atom is 0.339 e. The van der Waals surface area contributed by atoms with Gasteiger partial charge in [0.15, 0.2) is 5.75 Å². The summed E-state index contributed by atoms with van der Waals surface area (Å²) in [5, 5.41) is 0. The number of ether oxygens (including phenoxy) is 1. The largest absolute Gasteiger partial charge is 0.457 e. The maximum absolute atomic E-state index is 12.4. The number of hydrogen-bond acceptors (Lipinski definition) is 5. The fourth-order valence-corrected chi connectivity index (χ4v) is 4.35. The Morgan fingerprint density at radius 1 is 0.750 bits per heavy atom. The molecule has 5 nitrogen and oxygen atoms in total. The quantitative estimate of drug-likeness (QED) is 0.204. The van der Waals surface area contributed by atoms with Crippen molar-refractivity contribution >= 4 is 38.0 Å². The van der Waals surface area contributed by atoms with E-state index in [1.54, 1.807) is 42.6 Å². The predicted molar refractivity (Wildman–Crippen MR) is 129 cm³/mol. The van der Waals surface area contributed by atoms with E-state index in [1.165, 1.54) is 12.1 Å². The van der Waals surface area contributed by atoms with Crippen molar-refractivity contribution in [2.24, 2.45) is 4.99 Å². The summed E-state index contributed by atoms with van der Waals surface area (Å²) < 4.78 is 36.4. The van der Waals surface area contributed by atoms with Crippen molar-refractivity contribution in [2.75, 3.05) is 0 Å². The third kappa shape index (κ3) is 5.63. The Morgan fingerprint density at radius 2 is 1.38 bits per heavy atom. The van der Waals surface area contributed by atoms with Gasteiger partial charge in [-0.3, -0.25) is 4.99 Å². The van der Waals surface area contributed by atoms with Gasteiger partial charge in [-0.25, -0.2) is 0 Å². The van der Waals surface area contributed by atoms with Crippen LogP contribution in [-0.2, 0) is 10.1 Å². The Hall–Kier alpha value is -3.42. The lowest BCUT2D eigenvalue weighted by atomic mass is 10.2. The molecule has 7 heteroatoms. The highest BCUT2D eigenvalue weighted by Gasteiger charge is 2.17. The highest BCUT2D eigenvalue weighted by molar-refractivity contribution is 9.10.